The Morgan fingerprint density at radius 2 is 2.03 bits per heavy atom. The van der Waals surface area contributed by atoms with E-state index in [0.29, 0.717) is 37.2 Å². The van der Waals surface area contributed by atoms with Gasteiger partial charge in [0, 0.05) is 37.5 Å². The highest BCUT2D eigenvalue weighted by molar-refractivity contribution is 5.80. The van der Waals surface area contributed by atoms with Crippen LogP contribution in [0.2, 0.25) is 0 Å². The number of likely N-dealkylation sites (tertiary alicyclic amines) is 1. The van der Waals surface area contributed by atoms with Gasteiger partial charge in [0.1, 0.15) is 5.75 Å². The lowest BCUT2D eigenvalue weighted by atomic mass is 9.94. The second kappa shape index (κ2) is 8.68. The number of hydrogen-bond acceptors (Lipinski definition) is 5. The summed E-state index contributed by atoms with van der Waals surface area (Å²) in [5, 5.41) is 3.18. The highest BCUT2D eigenvalue weighted by Gasteiger charge is 2.36. The molecule has 1 amide bonds. The first-order chi connectivity index (χ1) is 14.1. The van der Waals surface area contributed by atoms with E-state index in [-0.39, 0.29) is 17.4 Å². The predicted molar refractivity (Wildman–Crippen MR) is 111 cm³/mol. The highest BCUT2D eigenvalue weighted by Crippen LogP contribution is 2.32. The number of benzene rings is 1. The van der Waals surface area contributed by atoms with Crippen molar-refractivity contribution in [1.82, 2.24) is 14.9 Å². The van der Waals surface area contributed by atoms with Crippen molar-refractivity contribution in [2.24, 2.45) is 0 Å². The molecule has 1 saturated carbocycles. The largest absolute Gasteiger partial charge is 0.497 e. The zero-order valence-corrected chi connectivity index (χ0v) is 16.8. The number of ether oxygens (including phenoxy) is 1. The molecule has 0 radical (unpaired) electrons. The summed E-state index contributed by atoms with van der Waals surface area (Å²) in [6.45, 7) is 1.18. The van der Waals surface area contributed by atoms with Crippen molar-refractivity contribution in [3.8, 4) is 5.75 Å². The molecule has 1 aromatic carbocycles. The third kappa shape index (κ3) is 4.60. The molecule has 2 fully saturated rings. The summed E-state index contributed by atoms with van der Waals surface area (Å²) in [5.74, 6) is 1.38. The topological polar surface area (TPSA) is 87.3 Å². The van der Waals surface area contributed by atoms with Gasteiger partial charge in [-0.2, -0.15) is 0 Å². The molecule has 1 atom stereocenters. The molecule has 0 unspecified atom stereocenters. The monoisotopic (exact) mass is 396 g/mol. The summed E-state index contributed by atoms with van der Waals surface area (Å²) >= 11 is 0. The first-order valence-electron chi connectivity index (χ1n) is 10.4. The molecule has 1 aliphatic carbocycles. The number of carbonyl (C=O) groups excluding carboxylic acids is 1. The molecule has 154 valence electrons. The molecule has 0 spiro atoms. The van der Waals surface area contributed by atoms with Crippen molar-refractivity contribution >= 4 is 11.9 Å². The van der Waals surface area contributed by atoms with Crippen LogP contribution in [-0.2, 0) is 11.3 Å². The summed E-state index contributed by atoms with van der Waals surface area (Å²) in [4.78, 5) is 34.2. The van der Waals surface area contributed by atoms with Gasteiger partial charge in [0.2, 0.25) is 11.9 Å². The SMILES string of the molecule is COc1cccc(CNc2nc([C@H]3CC(=O)N(C4CCCCC4)C3)cc(=O)[nH]2)c1. The number of rotatable bonds is 6. The molecule has 1 aromatic heterocycles. The number of hydrogen-bond donors (Lipinski definition) is 2. The summed E-state index contributed by atoms with van der Waals surface area (Å²) < 4.78 is 5.24. The van der Waals surface area contributed by atoms with Crippen LogP contribution in [-0.4, -0.2) is 40.5 Å². The Morgan fingerprint density at radius 3 is 2.83 bits per heavy atom. The fourth-order valence-electron chi connectivity index (χ4n) is 4.41. The number of nitrogens with one attached hydrogen (secondary N) is 2. The first-order valence-corrected chi connectivity index (χ1v) is 10.4. The maximum absolute atomic E-state index is 12.6. The Balaban J connectivity index is 1.45. The second-order valence-corrected chi connectivity index (χ2v) is 7.96. The number of H-pyrrole nitrogens is 1. The van der Waals surface area contributed by atoms with Crippen molar-refractivity contribution in [3.63, 3.8) is 0 Å². The Kier molecular flexibility index (Phi) is 5.83. The molecule has 2 heterocycles. The van der Waals surface area contributed by atoms with Crippen molar-refractivity contribution in [1.29, 1.82) is 0 Å². The van der Waals surface area contributed by atoms with Gasteiger partial charge in [-0.3, -0.25) is 14.6 Å². The van der Waals surface area contributed by atoms with E-state index in [0.717, 1.165) is 24.2 Å². The Morgan fingerprint density at radius 1 is 1.21 bits per heavy atom. The molecule has 2 aliphatic rings. The number of aromatic nitrogens is 2. The maximum atomic E-state index is 12.6. The van der Waals surface area contributed by atoms with Crippen molar-refractivity contribution < 1.29 is 9.53 Å². The van der Waals surface area contributed by atoms with Gasteiger partial charge in [-0.15, -0.1) is 0 Å². The van der Waals surface area contributed by atoms with Crippen LogP contribution in [0, 0.1) is 0 Å². The molecule has 29 heavy (non-hydrogen) atoms. The zero-order chi connectivity index (χ0) is 20.2. The molecule has 7 nitrogen and oxygen atoms in total. The van der Waals surface area contributed by atoms with Crippen molar-refractivity contribution in [2.75, 3.05) is 19.0 Å². The van der Waals surface area contributed by atoms with E-state index < -0.39 is 0 Å². The average Bonchev–Trinajstić information content (AvgIpc) is 3.14. The van der Waals surface area contributed by atoms with Gasteiger partial charge in [0.05, 0.1) is 12.8 Å². The minimum absolute atomic E-state index is 0.0240. The van der Waals surface area contributed by atoms with Gasteiger partial charge >= 0.3 is 0 Å². The molecular formula is C22H28N4O3. The predicted octanol–water partition coefficient (Wildman–Crippen LogP) is 3.04. The molecule has 7 heteroatoms. The Labute approximate surface area is 170 Å². The summed E-state index contributed by atoms with van der Waals surface area (Å²) in [6.07, 6.45) is 6.27. The number of methoxy groups -OCH3 is 1. The van der Waals surface area contributed by atoms with Crippen molar-refractivity contribution in [2.45, 2.75) is 57.0 Å². The summed E-state index contributed by atoms with van der Waals surface area (Å²) in [6, 6.07) is 9.61. The second-order valence-electron chi connectivity index (χ2n) is 7.96. The van der Waals surface area contributed by atoms with E-state index in [1.54, 1.807) is 7.11 Å². The number of aromatic amines is 1. The Hall–Kier alpha value is -2.83. The lowest BCUT2D eigenvalue weighted by Crippen LogP contribution is -2.37. The molecule has 2 N–H and O–H groups in total. The highest BCUT2D eigenvalue weighted by atomic mass is 16.5. The molecule has 1 aliphatic heterocycles. The van der Waals surface area contributed by atoms with Crippen LogP contribution < -0.4 is 15.6 Å². The fourth-order valence-corrected chi connectivity index (χ4v) is 4.41. The lowest BCUT2D eigenvalue weighted by Gasteiger charge is -2.31. The normalized spacial score (nSPS) is 20.1. The molecule has 4 rings (SSSR count). The van der Waals surface area contributed by atoms with E-state index in [4.69, 9.17) is 4.74 Å². The Bertz CT molecular complexity index is 920. The van der Waals surface area contributed by atoms with E-state index in [1.165, 1.54) is 25.3 Å². The van der Waals surface area contributed by atoms with Gasteiger partial charge in [-0.05, 0) is 30.5 Å². The van der Waals surface area contributed by atoms with Crippen LogP contribution in [0.5, 0.6) is 5.75 Å². The lowest BCUT2D eigenvalue weighted by molar-refractivity contribution is -0.130. The summed E-state index contributed by atoms with van der Waals surface area (Å²) in [7, 11) is 1.63. The van der Waals surface area contributed by atoms with Gasteiger partial charge < -0.3 is 15.0 Å². The zero-order valence-electron chi connectivity index (χ0n) is 16.8. The fraction of sp³-hybridized carbons (Fsp3) is 0.500. The standard InChI is InChI=1S/C22H28N4O3/c1-29-18-9-5-6-15(10-18)13-23-22-24-19(12-20(27)25-22)16-11-21(28)26(14-16)17-7-3-2-4-8-17/h5-6,9-10,12,16-17H,2-4,7-8,11,13-14H2,1H3,(H2,23,24,25,27)/t16-/m0/s1. The summed E-state index contributed by atoms with van der Waals surface area (Å²) in [5.41, 5.74) is 1.51. The van der Waals surface area contributed by atoms with E-state index in [1.807, 2.05) is 29.2 Å². The van der Waals surface area contributed by atoms with E-state index in [9.17, 15) is 9.59 Å². The van der Waals surface area contributed by atoms with Crippen LogP contribution >= 0.6 is 0 Å². The maximum Gasteiger partial charge on any atom is 0.252 e. The smallest absolute Gasteiger partial charge is 0.252 e. The number of anilines is 1. The number of amides is 1. The quantitative estimate of drug-likeness (QED) is 0.784. The van der Waals surface area contributed by atoms with Crippen molar-refractivity contribution in [3.05, 3.63) is 51.9 Å². The van der Waals surface area contributed by atoms with Crippen LogP contribution in [0.4, 0.5) is 5.95 Å². The third-order valence-electron chi connectivity index (χ3n) is 5.95. The van der Waals surface area contributed by atoms with Gasteiger partial charge in [0.15, 0.2) is 0 Å². The van der Waals surface area contributed by atoms with Crippen LogP contribution in [0.1, 0.15) is 55.7 Å². The van der Waals surface area contributed by atoms with Gasteiger partial charge in [0.25, 0.3) is 5.56 Å². The minimum Gasteiger partial charge on any atom is -0.497 e. The minimum atomic E-state index is -0.202. The van der Waals surface area contributed by atoms with Crippen LogP contribution in [0.15, 0.2) is 35.1 Å². The molecule has 1 saturated heterocycles. The van der Waals surface area contributed by atoms with Gasteiger partial charge in [-0.1, -0.05) is 31.4 Å². The van der Waals surface area contributed by atoms with Crippen LogP contribution in [0.3, 0.4) is 0 Å². The van der Waals surface area contributed by atoms with E-state index in [2.05, 4.69) is 15.3 Å². The number of carbonyl (C=O) groups is 1. The van der Waals surface area contributed by atoms with E-state index >= 15 is 0 Å². The average molecular weight is 396 g/mol. The molecule has 2 aromatic rings. The number of nitrogens with zero attached hydrogens (tertiary/aromatic N) is 2. The van der Waals surface area contributed by atoms with Crippen LogP contribution in [0.25, 0.3) is 0 Å². The van der Waals surface area contributed by atoms with Gasteiger partial charge in [-0.25, -0.2) is 4.98 Å². The third-order valence-corrected chi connectivity index (χ3v) is 5.95. The molecule has 0 bridgehead atoms. The first kappa shape index (κ1) is 19.5. The molecular weight excluding hydrogens is 368 g/mol.